The van der Waals surface area contributed by atoms with Crippen LogP contribution in [-0.2, 0) is 7.05 Å². The molecule has 2 saturated heterocycles. The molecule has 4 aromatic rings. The summed E-state index contributed by atoms with van der Waals surface area (Å²) in [5, 5.41) is 15.0. The molecule has 2 aromatic carbocycles. The zero-order valence-corrected chi connectivity index (χ0v) is 19.8. The van der Waals surface area contributed by atoms with Crippen molar-refractivity contribution < 1.29 is 18.6 Å². The second-order valence-corrected chi connectivity index (χ2v) is 9.82. The summed E-state index contributed by atoms with van der Waals surface area (Å²) in [6.45, 7) is 0.876. The number of benzene rings is 2. The Morgan fingerprint density at radius 3 is 2.86 bits per heavy atom. The Balaban J connectivity index is 1.57. The van der Waals surface area contributed by atoms with Crippen LogP contribution in [-0.4, -0.2) is 50.9 Å². The predicted molar refractivity (Wildman–Crippen MR) is 134 cm³/mol. The van der Waals surface area contributed by atoms with Crippen molar-refractivity contribution in [2.75, 3.05) is 18.1 Å². The lowest BCUT2D eigenvalue weighted by Crippen LogP contribution is -2.60. The average molecular weight is 501 g/mol. The zero-order valence-electron chi connectivity index (χ0n) is 19.8. The van der Waals surface area contributed by atoms with E-state index in [0.717, 1.165) is 17.4 Å². The molecule has 37 heavy (non-hydrogen) atoms. The van der Waals surface area contributed by atoms with Crippen LogP contribution in [0.15, 0.2) is 29.1 Å². The number of pyridine rings is 1. The molecule has 186 valence electrons. The van der Waals surface area contributed by atoms with Gasteiger partial charge in [0.05, 0.1) is 17.1 Å². The maximum absolute atomic E-state index is 16.5. The number of aryl methyl sites for hydroxylation is 1. The third kappa shape index (κ3) is 3.01. The highest BCUT2D eigenvalue weighted by molar-refractivity contribution is 6.04. The molecule has 3 aliphatic rings. The molecular formula is C27H21F2N5O3. The number of piperazine rings is 1. The van der Waals surface area contributed by atoms with E-state index >= 15 is 4.39 Å². The first-order valence-corrected chi connectivity index (χ1v) is 12.0. The van der Waals surface area contributed by atoms with Crippen molar-refractivity contribution in [2.45, 2.75) is 31.0 Å². The Hall–Kier alpha value is -4.23. The van der Waals surface area contributed by atoms with E-state index < -0.39 is 17.3 Å². The highest BCUT2D eigenvalue weighted by Gasteiger charge is 2.44. The monoisotopic (exact) mass is 501 g/mol. The molecular weight excluding hydrogens is 480 g/mol. The van der Waals surface area contributed by atoms with Crippen LogP contribution in [0.4, 0.5) is 14.6 Å². The molecule has 5 heterocycles. The van der Waals surface area contributed by atoms with Crippen LogP contribution in [0.2, 0.25) is 0 Å². The van der Waals surface area contributed by atoms with Crippen LogP contribution in [0.3, 0.4) is 0 Å². The minimum Gasteiger partial charge on any atom is -0.508 e. The molecule has 3 atom stereocenters. The predicted octanol–water partition coefficient (Wildman–Crippen LogP) is 2.82. The van der Waals surface area contributed by atoms with E-state index in [1.165, 1.54) is 31.3 Å². The normalized spacial score (nSPS) is 22.0. The van der Waals surface area contributed by atoms with Gasteiger partial charge in [0.25, 0.3) is 0 Å². The summed E-state index contributed by atoms with van der Waals surface area (Å²) in [4.78, 5) is 23.9. The number of aromatic hydroxyl groups is 1. The fourth-order valence-electron chi connectivity index (χ4n) is 6.11. The Morgan fingerprint density at radius 1 is 1.22 bits per heavy atom. The van der Waals surface area contributed by atoms with Crippen LogP contribution in [0.5, 0.6) is 11.6 Å². The summed E-state index contributed by atoms with van der Waals surface area (Å²) in [7, 11) is 1.43. The summed E-state index contributed by atoms with van der Waals surface area (Å²) in [5.41, 5.74) is -0.847. The molecule has 3 aliphatic heterocycles. The number of hydrogen-bond acceptors (Lipinski definition) is 7. The van der Waals surface area contributed by atoms with Gasteiger partial charge in [-0.1, -0.05) is 12.0 Å². The summed E-state index contributed by atoms with van der Waals surface area (Å²) < 4.78 is 38.5. The Bertz CT molecular complexity index is 1760. The first-order valence-electron chi connectivity index (χ1n) is 12.0. The highest BCUT2D eigenvalue weighted by Crippen LogP contribution is 2.43. The molecule has 10 heteroatoms. The van der Waals surface area contributed by atoms with Crippen LogP contribution >= 0.6 is 0 Å². The van der Waals surface area contributed by atoms with Crippen molar-refractivity contribution in [3.63, 3.8) is 0 Å². The maximum atomic E-state index is 16.5. The van der Waals surface area contributed by atoms with Crippen molar-refractivity contribution in [2.24, 2.45) is 7.05 Å². The van der Waals surface area contributed by atoms with Crippen LogP contribution in [0.1, 0.15) is 18.4 Å². The molecule has 0 radical (unpaired) electrons. The summed E-state index contributed by atoms with van der Waals surface area (Å²) in [5.74, 6) is 1.15. The second kappa shape index (κ2) is 7.63. The number of fused-ring (bicyclic) bond motifs is 6. The number of anilines is 1. The van der Waals surface area contributed by atoms with E-state index in [2.05, 4.69) is 21.2 Å². The summed E-state index contributed by atoms with van der Waals surface area (Å²) in [6, 6.07) is 5.65. The molecule has 2 aromatic heterocycles. The Morgan fingerprint density at radius 2 is 2.05 bits per heavy atom. The lowest BCUT2D eigenvalue weighted by atomic mass is 9.95. The van der Waals surface area contributed by atoms with Crippen LogP contribution < -0.4 is 20.6 Å². The van der Waals surface area contributed by atoms with E-state index in [9.17, 15) is 14.3 Å². The minimum absolute atomic E-state index is 0.0308. The minimum atomic E-state index is -0.818. The molecule has 8 nitrogen and oxygen atoms in total. The summed E-state index contributed by atoms with van der Waals surface area (Å²) in [6.07, 6.45) is 7.58. The topological polar surface area (TPSA) is 92.5 Å². The van der Waals surface area contributed by atoms with Crippen molar-refractivity contribution in [3.05, 3.63) is 51.9 Å². The van der Waals surface area contributed by atoms with E-state index in [0.29, 0.717) is 23.1 Å². The second-order valence-electron chi connectivity index (χ2n) is 9.82. The van der Waals surface area contributed by atoms with Gasteiger partial charge in [-0.2, -0.15) is 4.98 Å². The number of rotatable bonds is 1. The highest BCUT2D eigenvalue weighted by atomic mass is 19.1. The van der Waals surface area contributed by atoms with Crippen molar-refractivity contribution in [3.8, 4) is 35.2 Å². The van der Waals surface area contributed by atoms with Gasteiger partial charge >= 0.3 is 5.69 Å². The maximum Gasteiger partial charge on any atom is 0.349 e. The van der Waals surface area contributed by atoms with Gasteiger partial charge in [-0.15, -0.1) is 6.42 Å². The smallest absolute Gasteiger partial charge is 0.349 e. The molecule has 0 saturated carbocycles. The molecule has 2 fully saturated rings. The quantitative estimate of drug-likeness (QED) is 0.388. The molecule has 2 N–H and O–H groups in total. The number of halogens is 2. The molecule has 0 amide bonds. The number of phenolic OH excluding ortho intramolecular Hbond substituents is 1. The number of aromatic nitrogens is 3. The largest absolute Gasteiger partial charge is 0.508 e. The SMILES string of the molecule is C#Cc1c(F)ccc2cc(O)cc(-c3nc4c5c(nc(=O)n(C)c5c3F)N3CC5CCC(N5)C3CO4)c12. The first-order chi connectivity index (χ1) is 17.9. The standard InChI is InChI=1S/C27H21F2N5O3/c1-3-15-17(28)6-4-12-8-14(35)9-16(20(12)15)23-22(29)24-21-25(32-27(36)33(24)2)34-10-13-5-7-18(30-13)19(34)11-37-26(21)31-23/h1,4,6,8-9,13,18-19,30,35H,5,7,10-11H2,2H3. The van der Waals surface area contributed by atoms with Gasteiger partial charge in [-0.05, 0) is 36.4 Å². The van der Waals surface area contributed by atoms with Gasteiger partial charge in [0.1, 0.15) is 35.1 Å². The van der Waals surface area contributed by atoms with Gasteiger partial charge in [0, 0.05) is 36.6 Å². The lowest BCUT2D eigenvalue weighted by molar-refractivity contribution is 0.238. The lowest BCUT2D eigenvalue weighted by Gasteiger charge is -2.40. The van der Waals surface area contributed by atoms with Crippen molar-refractivity contribution >= 4 is 27.5 Å². The van der Waals surface area contributed by atoms with E-state index in [1.54, 1.807) is 0 Å². The molecule has 7 rings (SSSR count). The Labute approximate surface area is 209 Å². The number of nitrogens with zero attached hydrogens (tertiary/aromatic N) is 4. The third-order valence-electron chi connectivity index (χ3n) is 7.80. The third-order valence-corrected chi connectivity index (χ3v) is 7.80. The van der Waals surface area contributed by atoms with Crippen LogP contribution in [0.25, 0.3) is 32.9 Å². The number of nitrogens with one attached hydrogen (secondary N) is 1. The fraction of sp³-hybridized carbons (Fsp3) is 0.296. The van der Waals surface area contributed by atoms with Crippen LogP contribution in [0, 0.1) is 24.0 Å². The number of terminal acetylenes is 1. The number of phenols is 1. The number of ether oxygens (including phenoxy) is 1. The average Bonchev–Trinajstić information content (AvgIpc) is 3.20. The molecule has 0 spiro atoms. The van der Waals surface area contributed by atoms with Gasteiger partial charge in [0.15, 0.2) is 5.82 Å². The van der Waals surface area contributed by atoms with Gasteiger partial charge < -0.3 is 20.1 Å². The molecule has 2 bridgehead atoms. The zero-order chi connectivity index (χ0) is 25.6. The molecule has 3 unspecified atom stereocenters. The Kier molecular flexibility index (Phi) is 4.54. The van der Waals surface area contributed by atoms with Crippen molar-refractivity contribution in [1.82, 2.24) is 19.9 Å². The van der Waals surface area contributed by atoms with Gasteiger partial charge in [-0.3, -0.25) is 4.57 Å². The first kappa shape index (κ1) is 22.0. The van der Waals surface area contributed by atoms with Gasteiger partial charge in [0.2, 0.25) is 5.88 Å². The van der Waals surface area contributed by atoms with E-state index in [4.69, 9.17) is 11.2 Å². The van der Waals surface area contributed by atoms with Gasteiger partial charge in [-0.25, -0.2) is 18.6 Å². The molecule has 0 aliphatic carbocycles. The summed E-state index contributed by atoms with van der Waals surface area (Å²) >= 11 is 0. The number of hydrogen-bond donors (Lipinski definition) is 2. The van der Waals surface area contributed by atoms with E-state index in [1.807, 2.05) is 4.90 Å². The fourth-order valence-corrected chi connectivity index (χ4v) is 6.11. The van der Waals surface area contributed by atoms with Crippen molar-refractivity contribution in [1.29, 1.82) is 0 Å². The van der Waals surface area contributed by atoms with E-state index in [-0.39, 0.29) is 64.1 Å².